The molecule has 0 amide bonds. The quantitative estimate of drug-likeness (QED) is 0.587. The molecule has 0 aliphatic heterocycles. The fourth-order valence-electron chi connectivity index (χ4n) is 2.22. The minimum Gasteiger partial charge on any atom is -0.508 e. The zero-order valence-electron chi connectivity index (χ0n) is 11.3. The fourth-order valence-corrected chi connectivity index (χ4v) is 2.22. The summed E-state index contributed by atoms with van der Waals surface area (Å²) >= 11 is 0. The molecule has 0 aliphatic carbocycles. The van der Waals surface area contributed by atoms with E-state index in [1.807, 2.05) is 36.4 Å². The molecule has 0 unspecified atom stereocenters. The van der Waals surface area contributed by atoms with Gasteiger partial charge in [-0.1, -0.05) is 48.5 Å². The molecule has 0 aliphatic rings. The minimum atomic E-state index is -0.322. The Morgan fingerprint density at radius 1 is 0.905 bits per heavy atom. The molecule has 21 heavy (non-hydrogen) atoms. The Morgan fingerprint density at radius 3 is 2.43 bits per heavy atom. The third-order valence-corrected chi connectivity index (χ3v) is 3.26. The van der Waals surface area contributed by atoms with E-state index in [1.54, 1.807) is 30.3 Å². The van der Waals surface area contributed by atoms with E-state index < -0.39 is 0 Å². The van der Waals surface area contributed by atoms with Gasteiger partial charge in [-0.3, -0.25) is 4.79 Å². The van der Waals surface area contributed by atoms with Crippen LogP contribution in [0.4, 0.5) is 0 Å². The number of fused-ring (bicyclic) bond motifs is 1. The number of hydrogen-bond acceptors (Lipinski definition) is 3. The van der Waals surface area contributed by atoms with Gasteiger partial charge in [0.05, 0.1) is 6.42 Å². The molecular formula is C18H14O3. The molecule has 0 saturated carbocycles. The number of carbonyl (C=O) groups is 1. The van der Waals surface area contributed by atoms with E-state index in [-0.39, 0.29) is 18.1 Å². The van der Waals surface area contributed by atoms with Crippen LogP contribution in [0, 0.1) is 0 Å². The summed E-state index contributed by atoms with van der Waals surface area (Å²) in [5.41, 5.74) is 0.804. The van der Waals surface area contributed by atoms with Crippen LogP contribution in [0.2, 0.25) is 0 Å². The maximum Gasteiger partial charge on any atom is 0.315 e. The predicted molar refractivity (Wildman–Crippen MR) is 81.4 cm³/mol. The lowest BCUT2D eigenvalue weighted by atomic mass is 10.1. The summed E-state index contributed by atoms with van der Waals surface area (Å²) in [6.07, 6.45) is 0.170. The number of phenolic OH excluding ortho intramolecular Hbond substituents is 1. The molecule has 0 fully saturated rings. The zero-order chi connectivity index (χ0) is 14.7. The minimum absolute atomic E-state index is 0.170. The summed E-state index contributed by atoms with van der Waals surface area (Å²) in [5.74, 6) is 0.426. The molecular weight excluding hydrogens is 264 g/mol. The van der Waals surface area contributed by atoms with Gasteiger partial charge in [-0.05, 0) is 29.1 Å². The Labute approximate surface area is 122 Å². The van der Waals surface area contributed by atoms with E-state index >= 15 is 0 Å². The van der Waals surface area contributed by atoms with Crippen molar-refractivity contribution in [2.45, 2.75) is 6.42 Å². The Morgan fingerprint density at radius 2 is 1.62 bits per heavy atom. The summed E-state index contributed by atoms with van der Waals surface area (Å²) in [7, 11) is 0. The molecule has 0 aromatic heterocycles. The van der Waals surface area contributed by atoms with Gasteiger partial charge in [-0.2, -0.15) is 0 Å². The second-order valence-corrected chi connectivity index (χ2v) is 4.79. The number of phenols is 1. The van der Waals surface area contributed by atoms with Crippen LogP contribution in [0.25, 0.3) is 10.8 Å². The molecule has 0 spiro atoms. The van der Waals surface area contributed by atoms with Crippen molar-refractivity contribution in [2.75, 3.05) is 0 Å². The molecule has 0 bridgehead atoms. The first-order valence-electron chi connectivity index (χ1n) is 6.69. The van der Waals surface area contributed by atoms with E-state index in [2.05, 4.69) is 0 Å². The van der Waals surface area contributed by atoms with Gasteiger partial charge in [0.15, 0.2) is 0 Å². The first-order chi connectivity index (χ1) is 10.2. The second-order valence-electron chi connectivity index (χ2n) is 4.79. The lowest BCUT2D eigenvalue weighted by Crippen LogP contribution is -2.11. The van der Waals surface area contributed by atoms with Gasteiger partial charge in [0.1, 0.15) is 11.5 Å². The van der Waals surface area contributed by atoms with Gasteiger partial charge >= 0.3 is 5.97 Å². The number of carbonyl (C=O) groups excluding carboxylic acids is 1. The van der Waals surface area contributed by atoms with E-state index in [0.29, 0.717) is 5.75 Å². The largest absolute Gasteiger partial charge is 0.508 e. The maximum atomic E-state index is 12.0. The summed E-state index contributed by atoms with van der Waals surface area (Å²) in [6.45, 7) is 0. The third kappa shape index (κ3) is 3.03. The van der Waals surface area contributed by atoms with Crippen molar-refractivity contribution in [3.05, 3.63) is 72.3 Å². The average molecular weight is 278 g/mol. The maximum absolute atomic E-state index is 12.0. The van der Waals surface area contributed by atoms with E-state index in [1.165, 1.54) is 0 Å². The first kappa shape index (κ1) is 13.2. The van der Waals surface area contributed by atoms with Crippen molar-refractivity contribution in [3.8, 4) is 11.5 Å². The molecule has 3 aromatic rings. The summed E-state index contributed by atoms with van der Waals surface area (Å²) in [6, 6.07) is 19.9. The Hall–Kier alpha value is -2.81. The third-order valence-electron chi connectivity index (χ3n) is 3.26. The Kier molecular flexibility index (Phi) is 3.56. The van der Waals surface area contributed by atoms with Crippen LogP contribution < -0.4 is 4.74 Å². The molecule has 3 nitrogen and oxygen atoms in total. The van der Waals surface area contributed by atoms with Crippen LogP contribution in [-0.4, -0.2) is 11.1 Å². The van der Waals surface area contributed by atoms with Gasteiger partial charge in [-0.25, -0.2) is 0 Å². The van der Waals surface area contributed by atoms with Gasteiger partial charge in [0.25, 0.3) is 0 Å². The lowest BCUT2D eigenvalue weighted by Gasteiger charge is -2.07. The van der Waals surface area contributed by atoms with Crippen molar-refractivity contribution in [3.63, 3.8) is 0 Å². The van der Waals surface area contributed by atoms with Gasteiger partial charge in [-0.15, -0.1) is 0 Å². The fraction of sp³-hybridized carbons (Fsp3) is 0.0556. The number of esters is 1. The second kappa shape index (κ2) is 5.67. The van der Waals surface area contributed by atoms with Crippen molar-refractivity contribution >= 4 is 16.7 Å². The van der Waals surface area contributed by atoms with Crippen LogP contribution in [0.3, 0.4) is 0 Å². The van der Waals surface area contributed by atoms with Crippen LogP contribution in [0.15, 0.2) is 66.7 Å². The van der Waals surface area contributed by atoms with Gasteiger partial charge in [0, 0.05) is 5.39 Å². The predicted octanol–water partition coefficient (Wildman–Crippen LogP) is 3.69. The van der Waals surface area contributed by atoms with Crippen molar-refractivity contribution in [1.82, 2.24) is 0 Å². The monoisotopic (exact) mass is 278 g/mol. The van der Waals surface area contributed by atoms with E-state index in [4.69, 9.17) is 4.74 Å². The van der Waals surface area contributed by atoms with Crippen LogP contribution >= 0.6 is 0 Å². The molecule has 104 valence electrons. The standard InChI is InChI=1S/C18H14O3/c19-15-10-8-13(9-11-15)12-18(20)21-17-7-3-5-14-4-1-2-6-16(14)17/h1-11,19H,12H2. The highest BCUT2D eigenvalue weighted by molar-refractivity contribution is 5.90. The SMILES string of the molecule is O=C(Cc1ccc(O)cc1)Oc1cccc2ccccc12. The van der Waals surface area contributed by atoms with E-state index in [0.717, 1.165) is 16.3 Å². The van der Waals surface area contributed by atoms with Crippen molar-refractivity contribution in [2.24, 2.45) is 0 Å². The summed E-state index contributed by atoms with van der Waals surface area (Å²) in [4.78, 5) is 12.0. The number of benzene rings is 3. The summed E-state index contributed by atoms with van der Waals surface area (Å²) < 4.78 is 5.46. The highest BCUT2D eigenvalue weighted by atomic mass is 16.5. The van der Waals surface area contributed by atoms with Crippen molar-refractivity contribution < 1.29 is 14.6 Å². The van der Waals surface area contributed by atoms with Gasteiger partial charge < -0.3 is 9.84 Å². The number of aromatic hydroxyl groups is 1. The topological polar surface area (TPSA) is 46.5 Å². The Balaban J connectivity index is 1.79. The molecule has 0 atom stereocenters. The lowest BCUT2D eigenvalue weighted by molar-refractivity contribution is -0.133. The molecule has 0 saturated heterocycles. The molecule has 1 N–H and O–H groups in total. The van der Waals surface area contributed by atoms with E-state index in [9.17, 15) is 9.90 Å². The highest BCUT2D eigenvalue weighted by Gasteiger charge is 2.09. The molecule has 0 radical (unpaired) electrons. The first-order valence-corrected chi connectivity index (χ1v) is 6.69. The molecule has 3 heteroatoms. The average Bonchev–Trinajstić information content (AvgIpc) is 2.50. The molecule has 3 aromatic carbocycles. The van der Waals surface area contributed by atoms with Crippen LogP contribution in [0.1, 0.15) is 5.56 Å². The van der Waals surface area contributed by atoms with Crippen LogP contribution in [0.5, 0.6) is 11.5 Å². The smallest absolute Gasteiger partial charge is 0.315 e. The summed E-state index contributed by atoms with van der Waals surface area (Å²) in [5, 5.41) is 11.2. The number of ether oxygens (including phenoxy) is 1. The molecule has 0 heterocycles. The van der Waals surface area contributed by atoms with Crippen molar-refractivity contribution in [1.29, 1.82) is 0 Å². The highest BCUT2D eigenvalue weighted by Crippen LogP contribution is 2.25. The normalized spacial score (nSPS) is 10.5. The zero-order valence-corrected chi connectivity index (χ0v) is 11.3. The number of hydrogen-bond donors (Lipinski definition) is 1. The van der Waals surface area contributed by atoms with Crippen LogP contribution in [-0.2, 0) is 11.2 Å². The molecule has 3 rings (SSSR count). The number of rotatable bonds is 3. The van der Waals surface area contributed by atoms with Gasteiger partial charge in [0.2, 0.25) is 0 Å². The Bertz CT molecular complexity index is 771.